The number of nitrogens with zero attached hydrogens (tertiary/aromatic N) is 2. The number of methoxy groups -OCH3 is 4. The van der Waals surface area contributed by atoms with Gasteiger partial charge in [0.2, 0.25) is 0 Å². The smallest absolute Gasteiger partial charge is 0.338 e. The molecule has 1 N–H and O–H groups in total. The minimum Gasteiger partial charge on any atom is -0.493 e. The molecule has 1 aromatic heterocycles. The lowest BCUT2D eigenvalue weighted by Gasteiger charge is -2.25. The largest absolute Gasteiger partial charge is 0.493 e. The molecule has 0 spiro atoms. The van der Waals surface area contributed by atoms with Crippen molar-refractivity contribution in [3.05, 3.63) is 121 Å². The SMILES string of the molecule is COC(=O)C1=C(C)N=c2sc(=Cc3ccc(OCC(=O)Nc4cccc5ccccc45)c(OC)c3)c(=O)n2[C@H]1c1ccc(OC)c(OC)c1. The lowest BCUT2D eigenvalue weighted by molar-refractivity contribution is -0.136. The Morgan fingerprint density at radius 3 is 2.35 bits per heavy atom. The van der Waals surface area contributed by atoms with Crippen molar-refractivity contribution in [2.75, 3.05) is 40.4 Å². The zero-order chi connectivity index (χ0) is 34.7. The van der Waals surface area contributed by atoms with Crippen molar-refractivity contribution >= 4 is 45.7 Å². The van der Waals surface area contributed by atoms with Crippen LogP contribution in [0.5, 0.6) is 23.0 Å². The Bertz CT molecular complexity index is 2300. The number of rotatable bonds is 10. The quantitative estimate of drug-likeness (QED) is 0.212. The molecule has 0 bridgehead atoms. The van der Waals surface area contributed by atoms with Gasteiger partial charge in [-0.25, -0.2) is 9.79 Å². The summed E-state index contributed by atoms with van der Waals surface area (Å²) in [5, 5.41) is 4.85. The zero-order valence-electron chi connectivity index (χ0n) is 27.4. The molecule has 1 aliphatic rings. The molecule has 11 nitrogen and oxygen atoms in total. The van der Waals surface area contributed by atoms with E-state index >= 15 is 0 Å². The third-order valence-corrected chi connectivity index (χ3v) is 9.04. The van der Waals surface area contributed by atoms with Crippen LogP contribution in [0.1, 0.15) is 24.1 Å². The molecule has 4 aromatic carbocycles. The van der Waals surface area contributed by atoms with Crippen molar-refractivity contribution in [2.45, 2.75) is 13.0 Å². The van der Waals surface area contributed by atoms with E-state index in [9.17, 15) is 14.4 Å². The Labute approximate surface area is 285 Å². The number of amides is 1. The number of allylic oxidation sites excluding steroid dienone is 1. The molecule has 12 heteroatoms. The third-order valence-electron chi connectivity index (χ3n) is 8.06. The van der Waals surface area contributed by atoms with Crippen LogP contribution in [0.2, 0.25) is 0 Å². The first-order valence-corrected chi connectivity index (χ1v) is 16.0. The van der Waals surface area contributed by atoms with Gasteiger partial charge in [0.05, 0.1) is 50.3 Å². The van der Waals surface area contributed by atoms with Crippen LogP contribution in [-0.2, 0) is 14.3 Å². The van der Waals surface area contributed by atoms with E-state index in [1.165, 1.54) is 44.3 Å². The standard InChI is InChI=1S/C37H33N3O8S/c1-21-33(36(43)47-5)34(24-14-16-27(44-2)30(19-24)46-4)40-35(42)31(49-37(40)38-21)18-22-13-15-28(29(17-22)45-3)48-20-32(41)39-26-12-8-10-23-9-6-7-11-25(23)26/h6-19,34H,20H2,1-5H3,(H,39,41)/t34-/m0/s1. The van der Waals surface area contributed by atoms with E-state index in [2.05, 4.69) is 10.3 Å². The molecule has 250 valence electrons. The maximum atomic E-state index is 14.0. The van der Waals surface area contributed by atoms with Crippen LogP contribution in [0.3, 0.4) is 0 Å². The highest BCUT2D eigenvalue weighted by Gasteiger charge is 2.33. The summed E-state index contributed by atoms with van der Waals surface area (Å²) in [4.78, 5) is 44.9. The highest BCUT2D eigenvalue weighted by Crippen LogP contribution is 2.36. The van der Waals surface area contributed by atoms with Crippen molar-refractivity contribution in [3.8, 4) is 23.0 Å². The number of ether oxygens (including phenoxy) is 5. The van der Waals surface area contributed by atoms with Gasteiger partial charge in [-0.3, -0.25) is 14.2 Å². The summed E-state index contributed by atoms with van der Waals surface area (Å²) in [5.41, 5.74) is 2.29. The van der Waals surface area contributed by atoms with Crippen LogP contribution in [0.4, 0.5) is 5.69 Å². The highest BCUT2D eigenvalue weighted by molar-refractivity contribution is 7.07. The molecule has 6 rings (SSSR count). The van der Waals surface area contributed by atoms with Gasteiger partial charge in [-0.2, -0.15) is 0 Å². The van der Waals surface area contributed by atoms with Gasteiger partial charge in [-0.05, 0) is 59.8 Å². The summed E-state index contributed by atoms with van der Waals surface area (Å²) in [5.74, 6) is 0.774. The number of nitrogens with one attached hydrogen (secondary N) is 1. The Kier molecular flexibility index (Phi) is 9.49. The molecule has 0 fully saturated rings. The van der Waals surface area contributed by atoms with Gasteiger partial charge in [-0.1, -0.05) is 59.9 Å². The summed E-state index contributed by atoms with van der Waals surface area (Å²) < 4.78 is 29.3. The number of hydrogen-bond donors (Lipinski definition) is 1. The number of hydrogen-bond acceptors (Lipinski definition) is 10. The van der Waals surface area contributed by atoms with Crippen LogP contribution >= 0.6 is 11.3 Å². The second-order valence-corrected chi connectivity index (χ2v) is 12.0. The Morgan fingerprint density at radius 2 is 1.59 bits per heavy atom. The second kappa shape index (κ2) is 14.1. The van der Waals surface area contributed by atoms with Crippen LogP contribution in [0.25, 0.3) is 16.8 Å². The van der Waals surface area contributed by atoms with Crippen molar-refractivity contribution in [3.63, 3.8) is 0 Å². The van der Waals surface area contributed by atoms with Crippen molar-refractivity contribution < 1.29 is 33.3 Å². The number of carbonyl (C=O) groups excluding carboxylic acids is 2. The Morgan fingerprint density at radius 1 is 0.878 bits per heavy atom. The summed E-state index contributed by atoms with van der Waals surface area (Å²) in [7, 11) is 5.83. The topological polar surface area (TPSA) is 127 Å². The van der Waals surface area contributed by atoms with Crippen LogP contribution in [0.15, 0.2) is 99.9 Å². The molecule has 1 aliphatic heterocycles. The van der Waals surface area contributed by atoms with Gasteiger partial charge in [0.1, 0.15) is 0 Å². The van der Waals surface area contributed by atoms with Gasteiger partial charge >= 0.3 is 5.97 Å². The molecule has 0 unspecified atom stereocenters. The first-order chi connectivity index (χ1) is 23.8. The fourth-order valence-corrected chi connectivity index (χ4v) is 6.79. The number of thiazole rings is 1. The monoisotopic (exact) mass is 679 g/mol. The summed E-state index contributed by atoms with van der Waals surface area (Å²) in [6, 6.07) is 23.0. The Hall–Kier alpha value is -5.88. The average molecular weight is 680 g/mol. The van der Waals surface area contributed by atoms with E-state index in [0.717, 1.165) is 10.8 Å². The molecule has 5 aromatic rings. The first-order valence-electron chi connectivity index (χ1n) is 15.2. The number of fused-ring (bicyclic) bond motifs is 2. The van der Waals surface area contributed by atoms with Gasteiger partial charge in [0.25, 0.3) is 11.5 Å². The summed E-state index contributed by atoms with van der Waals surface area (Å²) >= 11 is 1.19. The van der Waals surface area contributed by atoms with Crippen LogP contribution < -0.4 is 39.2 Å². The van der Waals surface area contributed by atoms with Crippen molar-refractivity contribution in [1.29, 1.82) is 0 Å². The molecule has 1 amide bonds. The van der Waals surface area contributed by atoms with E-state index in [1.54, 1.807) is 49.4 Å². The maximum Gasteiger partial charge on any atom is 0.338 e. The molecule has 0 radical (unpaired) electrons. The van der Waals surface area contributed by atoms with E-state index in [1.807, 2.05) is 42.5 Å². The lowest BCUT2D eigenvalue weighted by Crippen LogP contribution is -2.39. The minimum atomic E-state index is -0.823. The number of carbonyl (C=O) groups is 2. The predicted molar refractivity (Wildman–Crippen MR) is 186 cm³/mol. The van der Waals surface area contributed by atoms with Gasteiger partial charge < -0.3 is 29.0 Å². The van der Waals surface area contributed by atoms with E-state index in [-0.39, 0.29) is 23.6 Å². The number of anilines is 1. The molecule has 1 atom stereocenters. The first kappa shape index (κ1) is 33.0. The van der Waals surface area contributed by atoms with Gasteiger partial charge in [0, 0.05) is 11.1 Å². The summed E-state index contributed by atoms with van der Waals surface area (Å²) in [6.07, 6.45) is 1.71. The maximum absolute atomic E-state index is 14.0. The molecular weight excluding hydrogens is 646 g/mol. The molecule has 0 saturated heterocycles. The second-order valence-electron chi connectivity index (χ2n) is 11.0. The average Bonchev–Trinajstić information content (AvgIpc) is 3.43. The number of benzene rings is 4. The highest BCUT2D eigenvalue weighted by atomic mass is 32.1. The van der Waals surface area contributed by atoms with Crippen molar-refractivity contribution in [1.82, 2.24) is 4.57 Å². The fraction of sp³-hybridized carbons (Fsp3) is 0.189. The minimum absolute atomic E-state index is 0.237. The van der Waals surface area contributed by atoms with E-state index in [4.69, 9.17) is 23.7 Å². The van der Waals surface area contributed by atoms with Crippen LogP contribution in [-0.4, -0.2) is 51.5 Å². The van der Waals surface area contributed by atoms with Gasteiger partial charge in [-0.15, -0.1) is 0 Å². The molecule has 49 heavy (non-hydrogen) atoms. The molecule has 0 aliphatic carbocycles. The Balaban J connectivity index is 1.30. The van der Waals surface area contributed by atoms with E-state index < -0.39 is 12.0 Å². The summed E-state index contributed by atoms with van der Waals surface area (Å²) in [6.45, 7) is 1.47. The normalized spacial score (nSPS) is 14.1. The lowest BCUT2D eigenvalue weighted by atomic mass is 9.95. The molecule has 0 saturated carbocycles. The van der Waals surface area contributed by atoms with Gasteiger partial charge in [0.15, 0.2) is 34.4 Å². The zero-order valence-corrected chi connectivity index (χ0v) is 28.3. The predicted octanol–water partition coefficient (Wildman–Crippen LogP) is 4.60. The third kappa shape index (κ3) is 6.50. The van der Waals surface area contributed by atoms with Crippen molar-refractivity contribution in [2.24, 2.45) is 4.99 Å². The molecule has 2 heterocycles. The van der Waals surface area contributed by atoms with Crippen LogP contribution in [0, 0.1) is 0 Å². The number of esters is 1. The molecular formula is C37H33N3O8S. The fourth-order valence-electron chi connectivity index (χ4n) is 5.74. The number of aromatic nitrogens is 1. The van der Waals surface area contributed by atoms with E-state index in [0.29, 0.717) is 54.8 Å².